The van der Waals surface area contributed by atoms with Crippen LogP contribution in [0.3, 0.4) is 0 Å². The van der Waals surface area contributed by atoms with Crippen LogP contribution in [0.5, 0.6) is 0 Å². The number of thiazole rings is 1. The number of nitrogens with zero attached hydrogens (tertiary/aromatic N) is 2. The Balaban J connectivity index is 1.73. The molecule has 5 nitrogen and oxygen atoms in total. The van der Waals surface area contributed by atoms with Crippen molar-refractivity contribution in [2.24, 2.45) is 0 Å². The second kappa shape index (κ2) is 9.74. The normalized spacial score (nSPS) is 10.7. The van der Waals surface area contributed by atoms with Crippen LogP contribution in [0.15, 0.2) is 41.8 Å². The van der Waals surface area contributed by atoms with Crippen LogP contribution in [0, 0.1) is 24.4 Å². The zero-order valence-electron chi connectivity index (χ0n) is 16.9. The number of anilines is 1. The topological polar surface area (TPSA) is 62.3 Å². The van der Waals surface area contributed by atoms with E-state index >= 15 is 0 Å². The summed E-state index contributed by atoms with van der Waals surface area (Å²) in [6.45, 7) is 3.69. The summed E-state index contributed by atoms with van der Waals surface area (Å²) in [5.74, 6) is -5.71. The lowest BCUT2D eigenvalue weighted by Crippen LogP contribution is -2.38. The number of amides is 2. The molecule has 2 amide bonds. The van der Waals surface area contributed by atoms with E-state index in [1.54, 1.807) is 5.38 Å². The Morgan fingerprint density at radius 2 is 1.77 bits per heavy atom. The number of rotatable bonds is 7. The number of carbonyl (C=O) groups is 2. The van der Waals surface area contributed by atoms with E-state index in [0.29, 0.717) is 17.5 Å². The number of aryl methyl sites for hydroxylation is 1. The summed E-state index contributed by atoms with van der Waals surface area (Å²) in [6.07, 6.45) is 0.577. The fourth-order valence-corrected chi connectivity index (χ4v) is 3.67. The molecule has 3 aromatic rings. The molecular formula is C22H20F3N3O2S. The molecule has 0 bridgehead atoms. The third-order valence-corrected chi connectivity index (χ3v) is 5.34. The van der Waals surface area contributed by atoms with Crippen LogP contribution in [0.25, 0.3) is 10.6 Å². The van der Waals surface area contributed by atoms with Gasteiger partial charge in [-0.15, -0.1) is 11.3 Å². The maximum atomic E-state index is 13.8. The van der Waals surface area contributed by atoms with Gasteiger partial charge in [0.25, 0.3) is 5.91 Å². The average molecular weight is 447 g/mol. The Bertz CT molecular complexity index is 1100. The van der Waals surface area contributed by atoms with E-state index in [-0.39, 0.29) is 18.8 Å². The van der Waals surface area contributed by atoms with Crippen molar-refractivity contribution in [3.63, 3.8) is 0 Å². The molecule has 1 N–H and O–H groups in total. The van der Waals surface area contributed by atoms with Gasteiger partial charge in [0, 0.05) is 17.5 Å². The SMILES string of the molecule is CCCN(CC(=O)Nc1ccc(F)c(F)c1F)C(=O)c1csc(-c2ccc(C)cc2)n1. The highest BCUT2D eigenvalue weighted by atomic mass is 32.1. The number of hydrogen-bond donors (Lipinski definition) is 1. The molecule has 0 fully saturated rings. The Hall–Kier alpha value is -3.20. The maximum Gasteiger partial charge on any atom is 0.273 e. The predicted molar refractivity (Wildman–Crippen MR) is 113 cm³/mol. The molecule has 0 saturated heterocycles. The minimum atomic E-state index is -1.68. The lowest BCUT2D eigenvalue weighted by molar-refractivity contribution is -0.116. The van der Waals surface area contributed by atoms with Crippen LogP contribution in [0.2, 0.25) is 0 Å². The second-order valence-corrected chi connectivity index (χ2v) is 7.76. The quantitative estimate of drug-likeness (QED) is 0.517. The van der Waals surface area contributed by atoms with Gasteiger partial charge < -0.3 is 10.2 Å². The molecule has 2 aromatic carbocycles. The van der Waals surface area contributed by atoms with Crippen LogP contribution < -0.4 is 5.32 Å². The molecule has 3 rings (SSSR count). The lowest BCUT2D eigenvalue weighted by atomic mass is 10.2. The first-order valence-electron chi connectivity index (χ1n) is 9.55. The lowest BCUT2D eigenvalue weighted by Gasteiger charge is -2.20. The Morgan fingerprint density at radius 1 is 1.06 bits per heavy atom. The van der Waals surface area contributed by atoms with E-state index < -0.39 is 35.0 Å². The molecule has 0 radical (unpaired) electrons. The molecule has 1 aromatic heterocycles. The minimum absolute atomic E-state index is 0.195. The van der Waals surface area contributed by atoms with Gasteiger partial charge in [0.05, 0.1) is 5.69 Å². The zero-order valence-corrected chi connectivity index (χ0v) is 17.7. The number of carbonyl (C=O) groups excluding carboxylic acids is 2. The molecule has 1 heterocycles. The van der Waals surface area contributed by atoms with Crippen molar-refractivity contribution in [2.45, 2.75) is 20.3 Å². The van der Waals surface area contributed by atoms with Crippen LogP contribution in [0.4, 0.5) is 18.9 Å². The molecule has 0 aliphatic heterocycles. The Labute approximate surface area is 181 Å². The van der Waals surface area contributed by atoms with Gasteiger partial charge in [-0.05, 0) is 25.5 Å². The fraction of sp³-hybridized carbons (Fsp3) is 0.227. The van der Waals surface area contributed by atoms with E-state index in [1.807, 2.05) is 38.1 Å². The van der Waals surface area contributed by atoms with Gasteiger partial charge >= 0.3 is 0 Å². The summed E-state index contributed by atoms with van der Waals surface area (Å²) in [4.78, 5) is 30.9. The molecule has 9 heteroatoms. The highest BCUT2D eigenvalue weighted by Crippen LogP contribution is 2.25. The summed E-state index contributed by atoms with van der Waals surface area (Å²) in [5, 5.41) is 4.47. The van der Waals surface area contributed by atoms with Crippen molar-refractivity contribution in [1.29, 1.82) is 0 Å². The van der Waals surface area contributed by atoms with Crippen LogP contribution in [-0.2, 0) is 4.79 Å². The largest absolute Gasteiger partial charge is 0.328 e. The first-order chi connectivity index (χ1) is 14.8. The second-order valence-electron chi connectivity index (χ2n) is 6.90. The third kappa shape index (κ3) is 5.29. The molecule has 0 atom stereocenters. The molecule has 0 spiro atoms. The van der Waals surface area contributed by atoms with Gasteiger partial charge in [-0.25, -0.2) is 18.2 Å². The third-order valence-electron chi connectivity index (χ3n) is 4.45. The smallest absolute Gasteiger partial charge is 0.273 e. The summed E-state index contributed by atoms with van der Waals surface area (Å²) < 4.78 is 40.2. The van der Waals surface area contributed by atoms with Crippen LogP contribution >= 0.6 is 11.3 Å². The van der Waals surface area contributed by atoms with Crippen molar-refractivity contribution in [2.75, 3.05) is 18.4 Å². The van der Waals surface area contributed by atoms with Gasteiger partial charge in [0.2, 0.25) is 5.91 Å². The number of hydrogen-bond acceptors (Lipinski definition) is 4. The van der Waals surface area contributed by atoms with Crippen molar-refractivity contribution in [1.82, 2.24) is 9.88 Å². The van der Waals surface area contributed by atoms with Gasteiger partial charge in [0.15, 0.2) is 17.5 Å². The minimum Gasteiger partial charge on any atom is -0.328 e. The highest BCUT2D eigenvalue weighted by molar-refractivity contribution is 7.13. The molecule has 0 aliphatic carbocycles. The van der Waals surface area contributed by atoms with E-state index in [0.717, 1.165) is 17.2 Å². The van der Waals surface area contributed by atoms with Crippen molar-refractivity contribution in [3.05, 3.63) is 70.5 Å². The van der Waals surface area contributed by atoms with E-state index in [2.05, 4.69) is 10.3 Å². The number of nitrogens with one attached hydrogen (secondary N) is 1. The van der Waals surface area contributed by atoms with E-state index in [9.17, 15) is 22.8 Å². The Morgan fingerprint density at radius 3 is 2.45 bits per heavy atom. The van der Waals surface area contributed by atoms with Crippen molar-refractivity contribution >= 4 is 28.8 Å². The maximum absolute atomic E-state index is 13.8. The number of benzene rings is 2. The summed E-state index contributed by atoms with van der Waals surface area (Å²) in [6, 6.07) is 9.36. The average Bonchev–Trinajstić information content (AvgIpc) is 3.24. The standard InChI is InChI=1S/C22H20F3N3O2S/c1-3-10-28(11-18(29)26-16-9-8-15(23)19(24)20(16)25)22(30)17-12-31-21(27-17)14-6-4-13(2)5-7-14/h4-9,12H,3,10-11H2,1-2H3,(H,26,29). The monoisotopic (exact) mass is 447 g/mol. The van der Waals surface area contributed by atoms with Crippen LogP contribution in [0.1, 0.15) is 29.4 Å². The van der Waals surface area contributed by atoms with Crippen molar-refractivity contribution in [3.8, 4) is 10.6 Å². The summed E-state index contributed by atoms with van der Waals surface area (Å²) in [7, 11) is 0. The molecular weight excluding hydrogens is 427 g/mol. The Kier molecular flexibility index (Phi) is 7.06. The molecule has 0 saturated carbocycles. The highest BCUT2D eigenvalue weighted by Gasteiger charge is 2.22. The van der Waals surface area contributed by atoms with Crippen molar-refractivity contribution < 1.29 is 22.8 Å². The molecule has 162 valence electrons. The number of halogens is 3. The van der Waals surface area contributed by atoms with E-state index in [1.165, 1.54) is 16.2 Å². The first kappa shape index (κ1) is 22.5. The predicted octanol–water partition coefficient (Wildman–Crippen LogP) is 5.03. The van der Waals surface area contributed by atoms with Gasteiger partial charge in [0.1, 0.15) is 17.2 Å². The summed E-state index contributed by atoms with van der Waals surface area (Å²) in [5.41, 5.74) is 1.68. The number of aromatic nitrogens is 1. The van der Waals surface area contributed by atoms with Gasteiger partial charge in [-0.3, -0.25) is 9.59 Å². The molecule has 0 aliphatic rings. The fourth-order valence-electron chi connectivity index (χ4n) is 2.87. The molecule has 31 heavy (non-hydrogen) atoms. The van der Waals surface area contributed by atoms with Gasteiger partial charge in [-0.2, -0.15) is 0 Å². The zero-order chi connectivity index (χ0) is 22.5. The van der Waals surface area contributed by atoms with Crippen LogP contribution in [-0.4, -0.2) is 34.8 Å². The van der Waals surface area contributed by atoms with E-state index in [4.69, 9.17) is 0 Å². The first-order valence-corrected chi connectivity index (χ1v) is 10.4. The summed E-state index contributed by atoms with van der Waals surface area (Å²) >= 11 is 1.31. The molecule has 0 unspecified atom stereocenters. The van der Waals surface area contributed by atoms with Gasteiger partial charge in [-0.1, -0.05) is 36.8 Å².